The summed E-state index contributed by atoms with van der Waals surface area (Å²) in [5.41, 5.74) is 2.84. The minimum atomic E-state index is -0.536. The van der Waals surface area contributed by atoms with E-state index in [9.17, 15) is 24.0 Å². The number of amides is 4. The molecule has 4 amide bonds. The van der Waals surface area contributed by atoms with Crippen molar-refractivity contribution in [2.45, 2.75) is 43.4 Å². The normalized spacial score (nSPS) is 13.1. The molecule has 0 aliphatic carbocycles. The molecule has 1 aliphatic heterocycles. The highest BCUT2D eigenvalue weighted by Gasteiger charge is 2.31. The second-order valence-electron chi connectivity index (χ2n) is 12.3. The van der Waals surface area contributed by atoms with Crippen molar-refractivity contribution in [2.24, 2.45) is 0 Å². The SMILES string of the molecule is CCC(Sc1cccc(NC(=O)/C(=C\c2cccc3ccccc23)NC(=O)c2ccccc2)c1)C(=O)Nc1sc2c(c1C(=O)OC)CCN(C(C)=O)C2. The van der Waals surface area contributed by atoms with Crippen LogP contribution in [0.2, 0.25) is 0 Å². The first-order chi connectivity index (χ1) is 25.6. The molecule has 12 heteroatoms. The summed E-state index contributed by atoms with van der Waals surface area (Å²) in [6.07, 6.45) is 2.63. The number of fused-ring (bicyclic) bond motifs is 2. The number of ether oxygens (including phenoxy) is 1. The number of methoxy groups -OCH3 is 1. The predicted molar refractivity (Wildman–Crippen MR) is 210 cm³/mol. The highest BCUT2D eigenvalue weighted by molar-refractivity contribution is 8.00. The van der Waals surface area contributed by atoms with Gasteiger partial charge in [-0.05, 0) is 71.1 Å². The maximum atomic E-state index is 13.9. The summed E-state index contributed by atoms with van der Waals surface area (Å²) in [6, 6.07) is 29.4. The number of benzene rings is 4. The van der Waals surface area contributed by atoms with E-state index >= 15 is 0 Å². The van der Waals surface area contributed by atoms with Crippen LogP contribution in [0.3, 0.4) is 0 Å². The molecule has 4 aromatic carbocycles. The molecule has 10 nitrogen and oxygen atoms in total. The average molecular weight is 747 g/mol. The number of anilines is 2. The molecule has 1 atom stereocenters. The molecule has 0 saturated heterocycles. The molecule has 6 rings (SSSR count). The minimum Gasteiger partial charge on any atom is -0.465 e. The second kappa shape index (κ2) is 16.7. The van der Waals surface area contributed by atoms with Gasteiger partial charge in [0.1, 0.15) is 10.7 Å². The summed E-state index contributed by atoms with van der Waals surface area (Å²) in [6.45, 7) is 4.26. The fourth-order valence-corrected chi connectivity index (χ4v) is 8.34. The lowest BCUT2D eigenvalue weighted by Crippen LogP contribution is -2.34. The number of hydrogen-bond acceptors (Lipinski definition) is 8. The van der Waals surface area contributed by atoms with Crippen molar-refractivity contribution in [3.05, 3.63) is 130 Å². The van der Waals surface area contributed by atoms with Gasteiger partial charge >= 0.3 is 5.97 Å². The van der Waals surface area contributed by atoms with Crippen molar-refractivity contribution < 1.29 is 28.7 Å². The van der Waals surface area contributed by atoms with Crippen LogP contribution in [0.15, 0.2) is 108 Å². The summed E-state index contributed by atoms with van der Waals surface area (Å²) < 4.78 is 5.07. The molecule has 0 spiro atoms. The molecule has 0 radical (unpaired) electrons. The van der Waals surface area contributed by atoms with Crippen LogP contribution in [-0.4, -0.2) is 53.4 Å². The van der Waals surface area contributed by atoms with Crippen LogP contribution >= 0.6 is 23.1 Å². The molecule has 53 heavy (non-hydrogen) atoms. The molecule has 1 aliphatic rings. The first-order valence-electron chi connectivity index (χ1n) is 17.1. The molecule has 0 fully saturated rings. The topological polar surface area (TPSA) is 134 Å². The zero-order valence-electron chi connectivity index (χ0n) is 29.4. The van der Waals surface area contributed by atoms with E-state index in [2.05, 4.69) is 16.0 Å². The van der Waals surface area contributed by atoms with Gasteiger partial charge in [0.05, 0.1) is 24.5 Å². The summed E-state index contributed by atoms with van der Waals surface area (Å²) in [7, 11) is 1.30. The number of rotatable bonds is 11. The molecule has 1 unspecified atom stereocenters. The van der Waals surface area contributed by atoms with Gasteiger partial charge in [-0.25, -0.2) is 4.79 Å². The van der Waals surface area contributed by atoms with Gasteiger partial charge in [0.25, 0.3) is 11.8 Å². The predicted octanol–water partition coefficient (Wildman–Crippen LogP) is 7.51. The van der Waals surface area contributed by atoms with Gasteiger partial charge < -0.3 is 25.6 Å². The van der Waals surface area contributed by atoms with E-state index in [1.54, 1.807) is 53.4 Å². The third kappa shape index (κ3) is 8.67. The molecule has 3 N–H and O–H groups in total. The van der Waals surface area contributed by atoms with E-state index in [0.717, 1.165) is 31.7 Å². The van der Waals surface area contributed by atoms with Crippen LogP contribution in [0, 0.1) is 0 Å². The molecule has 5 aromatic rings. The number of nitrogens with one attached hydrogen (secondary N) is 3. The maximum Gasteiger partial charge on any atom is 0.341 e. The summed E-state index contributed by atoms with van der Waals surface area (Å²) in [5.74, 6) is -1.82. The van der Waals surface area contributed by atoms with Crippen molar-refractivity contribution in [3.63, 3.8) is 0 Å². The highest BCUT2D eigenvalue weighted by atomic mass is 32.2. The lowest BCUT2D eigenvalue weighted by molar-refractivity contribution is -0.129. The van der Waals surface area contributed by atoms with Gasteiger partial charge in [0.2, 0.25) is 11.8 Å². The third-order valence-corrected chi connectivity index (χ3v) is 11.3. The first kappa shape index (κ1) is 37.1. The Balaban J connectivity index is 1.21. The van der Waals surface area contributed by atoms with Crippen molar-refractivity contribution in [3.8, 4) is 0 Å². The largest absolute Gasteiger partial charge is 0.465 e. The zero-order valence-corrected chi connectivity index (χ0v) is 31.1. The zero-order chi connectivity index (χ0) is 37.5. The number of thioether (sulfide) groups is 1. The van der Waals surface area contributed by atoms with E-state index in [0.29, 0.717) is 47.7 Å². The van der Waals surface area contributed by atoms with Crippen molar-refractivity contribution in [1.82, 2.24) is 10.2 Å². The number of hydrogen-bond donors (Lipinski definition) is 3. The minimum absolute atomic E-state index is 0.0517. The summed E-state index contributed by atoms with van der Waals surface area (Å²) in [5, 5.41) is 10.5. The highest BCUT2D eigenvalue weighted by Crippen LogP contribution is 2.38. The Morgan fingerprint density at radius 3 is 2.42 bits per heavy atom. The quantitative estimate of drug-likeness (QED) is 0.0724. The Morgan fingerprint density at radius 2 is 1.66 bits per heavy atom. The van der Waals surface area contributed by atoms with Crippen LogP contribution in [-0.2, 0) is 32.1 Å². The van der Waals surface area contributed by atoms with Crippen LogP contribution in [0.25, 0.3) is 16.8 Å². The molecule has 1 aromatic heterocycles. The van der Waals surface area contributed by atoms with Gasteiger partial charge in [0.15, 0.2) is 0 Å². The first-order valence-corrected chi connectivity index (χ1v) is 18.8. The van der Waals surface area contributed by atoms with Crippen molar-refractivity contribution in [1.29, 1.82) is 0 Å². The fraction of sp³-hybridized carbons (Fsp3) is 0.195. The fourth-order valence-electron chi connectivity index (χ4n) is 6.08. The van der Waals surface area contributed by atoms with E-state index in [1.807, 2.05) is 61.5 Å². The second-order valence-corrected chi connectivity index (χ2v) is 14.7. The van der Waals surface area contributed by atoms with Gasteiger partial charge in [-0.3, -0.25) is 19.2 Å². The number of carbonyl (C=O) groups is 5. The lowest BCUT2D eigenvalue weighted by Gasteiger charge is -2.25. The summed E-state index contributed by atoms with van der Waals surface area (Å²) in [4.78, 5) is 68.9. The Labute approximate surface area is 315 Å². The maximum absolute atomic E-state index is 13.9. The van der Waals surface area contributed by atoms with Crippen LogP contribution in [0.5, 0.6) is 0 Å². The number of nitrogens with zero attached hydrogens (tertiary/aromatic N) is 1. The molecular formula is C41H38N4O6S2. The summed E-state index contributed by atoms with van der Waals surface area (Å²) >= 11 is 2.61. The smallest absolute Gasteiger partial charge is 0.341 e. The van der Waals surface area contributed by atoms with Crippen LogP contribution in [0.1, 0.15) is 57.0 Å². The average Bonchev–Trinajstić information content (AvgIpc) is 3.53. The van der Waals surface area contributed by atoms with Gasteiger partial charge in [0, 0.05) is 34.5 Å². The van der Waals surface area contributed by atoms with E-state index < -0.39 is 23.0 Å². The van der Waals surface area contributed by atoms with Gasteiger partial charge in [-0.1, -0.05) is 73.7 Å². The monoisotopic (exact) mass is 746 g/mol. The van der Waals surface area contributed by atoms with Crippen molar-refractivity contribution in [2.75, 3.05) is 24.3 Å². The number of carbonyl (C=O) groups excluding carboxylic acids is 5. The van der Waals surface area contributed by atoms with Crippen LogP contribution < -0.4 is 16.0 Å². The van der Waals surface area contributed by atoms with Gasteiger partial charge in [-0.15, -0.1) is 23.1 Å². The number of esters is 1. The standard InChI is InChI=1S/C41H38N4O6S2/c1-4-34(39(49)44-40-36(41(50)51-3)32-20-21-45(25(2)46)24-35(32)53-40)52-30-18-11-17-29(23-30)42-38(48)33(43-37(47)27-13-6-5-7-14-27)22-28-16-10-15-26-12-8-9-19-31(26)28/h5-19,22-23,34H,4,20-21,24H2,1-3H3,(H,42,48)(H,43,47)(H,44,49)/b33-22+. The molecule has 0 saturated carbocycles. The Hall–Kier alpha value is -5.72. The Kier molecular flexibility index (Phi) is 11.7. The van der Waals surface area contributed by atoms with E-state index in [-0.39, 0.29) is 17.5 Å². The molecule has 2 heterocycles. The molecule has 270 valence electrons. The Morgan fingerprint density at radius 1 is 0.925 bits per heavy atom. The molecule has 0 bridgehead atoms. The van der Waals surface area contributed by atoms with E-state index in [4.69, 9.17) is 4.74 Å². The Bertz CT molecular complexity index is 2230. The van der Waals surface area contributed by atoms with Gasteiger partial charge in [-0.2, -0.15) is 0 Å². The van der Waals surface area contributed by atoms with Crippen LogP contribution in [0.4, 0.5) is 10.7 Å². The lowest BCUT2D eigenvalue weighted by atomic mass is 10.0. The number of thiophene rings is 1. The van der Waals surface area contributed by atoms with E-state index in [1.165, 1.54) is 37.1 Å². The van der Waals surface area contributed by atoms with Crippen molar-refractivity contribution >= 4 is 80.2 Å². The third-order valence-electron chi connectivity index (χ3n) is 8.81. The molecular weight excluding hydrogens is 709 g/mol.